The highest BCUT2D eigenvalue weighted by molar-refractivity contribution is 7.80. The Morgan fingerprint density at radius 1 is 0.889 bits per heavy atom. The second-order valence-corrected chi connectivity index (χ2v) is 16.7. The Kier molecular flexibility index (Phi) is 9.99. The maximum Gasteiger partial charge on any atom is 0.397 e. The summed E-state index contributed by atoms with van der Waals surface area (Å²) in [5.41, 5.74) is -2.22. The predicted octanol–water partition coefficient (Wildman–Crippen LogP) is 1.56. The lowest BCUT2D eigenvalue weighted by atomic mass is 9.42. The van der Waals surface area contributed by atoms with Gasteiger partial charge in [0.25, 0.3) is 0 Å². The summed E-state index contributed by atoms with van der Waals surface area (Å²) in [4.78, 5) is 0. The zero-order valence-corrected chi connectivity index (χ0v) is 27.8. The van der Waals surface area contributed by atoms with E-state index in [2.05, 4.69) is 26.8 Å². The average molecular weight is 663 g/mol. The summed E-state index contributed by atoms with van der Waals surface area (Å²) in [6.07, 6.45) is -0.710. The lowest BCUT2D eigenvalue weighted by Crippen LogP contribution is -2.68. The zero-order valence-electron chi connectivity index (χ0n) is 27.0. The first-order chi connectivity index (χ1) is 20.8. The van der Waals surface area contributed by atoms with Gasteiger partial charge in [-0.1, -0.05) is 46.8 Å². The van der Waals surface area contributed by atoms with E-state index >= 15 is 0 Å². The van der Waals surface area contributed by atoms with Gasteiger partial charge < -0.3 is 40.1 Å². The molecule has 0 amide bonds. The SMILES string of the molecule is CC(C)[C@H](/C=C/[C@@H](C)[C@H]1C[C@@H](O)[C@@H]2[C@]1(C)CC[C@H]1[C@@]2(O)C[C@H](O)C2C[C@@H](OS(=O)(=O)O)CC[C@@]21C)O[C@H]1OC[C@@H](O)[C@H](O)[C@H]1O. The summed E-state index contributed by atoms with van der Waals surface area (Å²) in [7, 11) is -4.62. The Hall–Kier alpha value is -0.710. The zero-order chi connectivity index (χ0) is 33.3. The van der Waals surface area contributed by atoms with E-state index in [4.69, 9.17) is 13.7 Å². The highest BCUT2D eigenvalue weighted by Gasteiger charge is 2.70. The second-order valence-electron chi connectivity index (χ2n) is 15.6. The summed E-state index contributed by atoms with van der Waals surface area (Å²) in [5.74, 6) is -0.933. The maximum atomic E-state index is 12.6. The third-order valence-corrected chi connectivity index (χ3v) is 13.1. The molecule has 0 aromatic heterocycles. The third-order valence-electron chi connectivity index (χ3n) is 12.6. The van der Waals surface area contributed by atoms with Gasteiger partial charge >= 0.3 is 10.4 Å². The fraction of sp³-hybridized carbons (Fsp3) is 0.938. The molecule has 5 aliphatic rings. The van der Waals surface area contributed by atoms with Crippen LogP contribution in [0.4, 0.5) is 0 Å². The molecule has 1 aliphatic heterocycles. The maximum absolute atomic E-state index is 12.6. The normalized spacial score (nSPS) is 50.2. The van der Waals surface area contributed by atoms with Crippen LogP contribution in [0.3, 0.4) is 0 Å². The Balaban J connectivity index is 1.33. The van der Waals surface area contributed by atoms with Crippen molar-refractivity contribution in [2.45, 2.75) is 134 Å². The summed E-state index contributed by atoms with van der Waals surface area (Å²) in [6, 6.07) is 0. The van der Waals surface area contributed by atoms with Gasteiger partial charge in [-0.15, -0.1) is 0 Å². The number of ether oxygens (including phenoxy) is 2. The first-order valence-corrected chi connectivity index (χ1v) is 17.9. The number of rotatable bonds is 8. The smallest absolute Gasteiger partial charge is 0.393 e. The average Bonchev–Trinajstić information content (AvgIpc) is 3.21. The number of aliphatic hydroxyl groups excluding tert-OH is 5. The van der Waals surface area contributed by atoms with Gasteiger partial charge in [-0.2, -0.15) is 8.42 Å². The van der Waals surface area contributed by atoms with Gasteiger partial charge in [0.05, 0.1) is 36.6 Å². The highest BCUT2D eigenvalue weighted by Crippen LogP contribution is 2.69. The molecule has 1 heterocycles. The highest BCUT2D eigenvalue weighted by atomic mass is 32.3. The van der Waals surface area contributed by atoms with E-state index in [1.54, 1.807) is 0 Å². The predicted molar refractivity (Wildman–Crippen MR) is 162 cm³/mol. The van der Waals surface area contributed by atoms with Gasteiger partial charge in [-0.3, -0.25) is 4.55 Å². The fourth-order valence-corrected chi connectivity index (χ4v) is 11.0. The third kappa shape index (κ3) is 6.41. The van der Waals surface area contributed by atoms with Crippen molar-refractivity contribution in [2.75, 3.05) is 6.61 Å². The molecule has 4 aliphatic carbocycles. The minimum Gasteiger partial charge on any atom is -0.393 e. The topological polar surface area (TPSA) is 203 Å². The van der Waals surface area contributed by atoms with Crippen LogP contribution in [0, 0.1) is 46.3 Å². The molecule has 260 valence electrons. The van der Waals surface area contributed by atoms with Crippen molar-refractivity contribution in [1.29, 1.82) is 0 Å². The van der Waals surface area contributed by atoms with Crippen LogP contribution < -0.4 is 0 Å². The van der Waals surface area contributed by atoms with E-state index in [9.17, 15) is 43.6 Å². The van der Waals surface area contributed by atoms with Crippen LogP contribution in [0.15, 0.2) is 12.2 Å². The van der Waals surface area contributed by atoms with Crippen LogP contribution in [-0.2, 0) is 24.1 Å². The van der Waals surface area contributed by atoms with Crippen molar-refractivity contribution in [3.8, 4) is 0 Å². The van der Waals surface area contributed by atoms with Crippen molar-refractivity contribution in [2.24, 2.45) is 46.3 Å². The minimum absolute atomic E-state index is 0.00544. The van der Waals surface area contributed by atoms with Crippen LogP contribution in [0.5, 0.6) is 0 Å². The van der Waals surface area contributed by atoms with Gasteiger partial charge in [-0.25, -0.2) is 4.18 Å². The standard InChI is InChI=1S/C32H54O12S/c1-16(2)24(43-29-27(37)26(36)23(35)15-42-29)7-6-17(3)19-13-21(33)28-31(19,5)11-9-25-30(4)10-8-18(44-45(39,40)41)12-20(30)22(34)14-32(25,28)38/h6-7,16-29,33-38H,8-15H2,1-5H3,(H,39,40,41)/b7-6+/t17-,18+,19-,20?,21-,22+,23-,24+,25-,26+,27-,28-,29-,30+,31-,32+/m1/s1. The molecular formula is C32H54O12S. The molecule has 0 bridgehead atoms. The van der Waals surface area contributed by atoms with Crippen molar-refractivity contribution in [3.63, 3.8) is 0 Å². The lowest BCUT2D eigenvalue weighted by molar-refractivity contribution is -0.280. The molecule has 13 heteroatoms. The van der Waals surface area contributed by atoms with Crippen LogP contribution in [0.2, 0.25) is 0 Å². The molecule has 5 fully saturated rings. The molecule has 7 N–H and O–H groups in total. The Bertz CT molecular complexity index is 1200. The molecule has 0 radical (unpaired) electrons. The molecule has 5 rings (SSSR count). The van der Waals surface area contributed by atoms with E-state index < -0.39 is 81.8 Å². The number of aliphatic hydroxyl groups is 6. The van der Waals surface area contributed by atoms with Crippen molar-refractivity contribution < 1.29 is 57.3 Å². The Morgan fingerprint density at radius 3 is 2.20 bits per heavy atom. The van der Waals surface area contributed by atoms with E-state index in [1.807, 2.05) is 19.9 Å². The number of allylic oxidation sites excluding steroid dienone is 1. The largest absolute Gasteiger partial charge is 0.397 e. The van der Waals surface area contributed by atoms with Crippen LogP contribution in [0.1, 0.15) is 79.6 Å². The quantitative estimate of drug-likeness (QED) is 0.146. The van der Waals surface area contributed by atoms with E-state index in [0.717, 1.165) is 6.42 Å². The van der Waals surface area contributed by atoms with Gasteiger partial charge in [0.2, 0.25) is 0 Å². The molecular weight excluding hydrogens is 608 g/mol. The Morgan fingerprint density at radius 2 is 1.56 bits per heavy atom. The molecule has 0 aromatic rings. The summed E-state index contributed by atoms with van der Waals surface area (Å²) in [6.45, 7) is 10.1. The number of fused-ring (bicyclic) bond motifs is 5. The molecule has 4 saturated carbocycles. The van der Waals surface area contributed by atoms with Gasteiger partial charge in [-0.05, 0) is 78.9 Å². The number of hydrogen-bond donors (Lipinski definition) is 7. The van der Waals surface area contributed by atoms with Crippen molar-refractivity contribution in [3.05, 3.63) is 12.2 Å². The van der Waals surface area contributed by atoms with E-state index in [1.165, 1.54) is 0 Å². The van der Waals surface area contributed by atoms with Crippen molar-refractivity contribution in [1.82, 2.24) is 0 Å². The lowest BCUT2D eigenvalue weighted by Gasteiger charge is -2.66. The van der Waals surface area contributed by atoms with E-state index in [-0.39, 0.29) is 49.0 Å². The molecule has 1 saturated heterocycles. The summed E-state index contributed by atoms with van der Waals surface area (Å²) >= 11 is 0. The molecule has 12 nitrogen and oxygen atoms in total. The summed E-state index contributed by atoms with van der Waals surface area (Å²) in [5, 5.41) is 65.8. The molecule has 16 atom stereocenters. The van der Waals surface area contributed by atoms with Crippen LogP contribution >= 0.6 is 0 Å². The van der Waals surface area contributed by atoms with E-state index in [0.29, 0.717) is 25.7 Å². The first-order valence-electron chi connectivity index (χ1n) is 16.6. The van der Waals surface area contributed by atoms with Gasteiger partial charge in [0.1, 0.15) is 18.3 Å². The molecule has 1 unspecified atom stereocenters. The molecule has 0 aromatic carbocycles. The fourth-order valence-electron chi connectivity index (χ4n) is 10.5. The molecule has 0 spiro atoms. The minimum atomic E-state index is -4.62. The van der Waals surface area contributed by atoms with Crippen LogP contribution in [0.25, 0.3) is 0 Å². The van der Waals surface area contributed by atoms with Gasteiger partial charge in [0, 0.05) is 12.3 Å². The summed E-state index contributed by atoms with van der Waals surface area (Å²) < 4.78 is 48.4. The first kappa shape index (κ1) is 35.6. The Labute approximate surface area is 266 Å². The van der Waals surface area contributed by atoms with Gasteiger partial charge in [0.15, 0.2) is 6.29 Å². The van der Waals surface area contributed by atoms with Crippen molar-refractivity contribution >= 4 is 10.4 Å². The monoisotopic (exact) mass is 662 g/mol. The van der Waals surface area contributed by atoms with Crippen LogP contribution in [-0.4, -0.2) is 105 Å². The number of hydrogen-bond acceptors (Lipinski definition) is 11. The second kappa shape index (κ2) is 12.6. The molecule has 45 heavy (non-hydrogen) atoms.